The van der Waals surface area contributed by atoms with E-state index in [1.807, 2.05) is 36.4 Å². The molecule has 2 heterocycles. The molecule has 32 heavy (non-hydrogen) atoms. The Hall–Kier alpha value is -3.37. The highest BCUT2D eigenvalue weighted by molar-refractivity contribution is 8.49. The molecule has 0 aliphatic carbocycles. The van der Waals surface area contributed by atoms with Crippen LogP contribution in [0.3, 0.4) is 0 Å². The predicted octanol–water partition coefficient (Wildman–Crippen LogP) is 3.57. The zero-order chi connectivity index (χ0) is 22.4. The number of hydrogen-bond donors (Lipinski definition) is 2. The molecule has 0 saturated heterocycles. The Balaban J connectivity index is 1.72. The lowest BCUT2D eigenvalue weighted by molar-refractivity contribution is 0.0975. The van der Waals surface area contributed by atoms with E-state index >= 15 is 0 Å². The largest absolute Gasteiger partial charge is 0.393 e. The van der Waals surface area contributed by atoms with Crippen molar-refractivity contribution < 1.29 is 18.3 Å². The Labute approximate surface area is 187 Å². The van der Waals surface area contributed by atoms with Gasteiger partial charge in [-0.1, -0.05) is 59.1 Å². The summed E-state index contributed by atoms with van der Waals surface area (Å²) in [5.74, 6) is -0.367. The van der Waals surface area contributed by atoms with Gasteiger partial charge < -0.3 is 5.11 Å². The molecule has 8 nitrogen and oxygen atoms in total. The SMILES string of the molecule is COS1(OC(CO)c2ccccc2)C(NC(=O)c2ccccc2)=NN=C1c1ccncc1. The molecule has 0 bridgehead atoms. The zero-order valence-electron chi connectivity index (χ0n) is 17.3. The topological polar surface area (TPSA) is 105 Å². The zero-order valence-corrected chi connectivity index (χ0v) is 18.1. The number of aromatic nitrogens is 1. The molecule has 9 heteroatoms. The highest BCUT2D eigenvalue weighted by Crippen LogP contribution is 2.59. The molecule has 2 N–H and O–H groups in total. The van der Waals surface area contributed by atoms with Crippen molar-refractivity contribution in [2.75, 3.05) is 13.7 Å². The molecule has 0 fully saturated rings. The predicted molar refractivity (Wildman–Crippen MR) is 124 cm³/mol. The molecule has 1 aliphatic rings. The lowest BCUT2D eigenvalue weighted by Gasteiger charge is -2.41. The van der Waals surface area contributed by atoms with E-state index in [4.69, 9.17) is 8.37 Å². The smallest absolute Gasteiger partial charge is 0.257 e. The van der Waals surface area contributed by atoms with Gasteiger partial charge in [-0.15, -0.1) is 10.2 Å². The van der Waals surface area contributed by atoms with Gasteiger partial charge in [0.05, 0.1) is 13.7 Å². The van der Waals surface area contributed by atoms with E-state index in [0.717, 1.165) is 5.56 Å². The Kier molecular flexibility index (Phi) is 6.72. The Morgan fingerprint density at radius 3 is 2.28 bits per heavy atom. The summed E-state index contributed by atoms with van der Waals surface area (Å²) in [7, 11) is -1.34. The van der Waals surface area contributed by atoms with E-state index in [0.29, 0.717) is 16.2 Å². The minimum absolute atomic E-state index is 0.148. The average molecular weight is 451 g/mol. The lowest BCUT2D eigenvalue weighted by atomic mass is 10.1. The van der Waals surface area contributed by atoms with Crippen LogP contribution in [0, 0.1) is 0 Å². The van der Waals surface area contributed by atoms with Gasteiger partial charge in [0.25, 0.3) is 5.91 Å². The van der Waals surface area contributed by atoms with Crippen LogP contribution in [0.25, 0.3) is 0 Å². The van der Waals surface area contributed by atoms with Crippen LogP contribution in [-0.2, 0) is 8.37 Å². The van der Waals surface area contributed by atoms with E-state index in [1.165, 1.54) is 7.11 Å². The van der Waals surface area contributed by atoms with Gasteiger partial charge in [-0.05, 0) is 29.8 Å². The van der Waals surface area contributed by atoms with Crippen LogP contribution in [0.1, 0.15) is 27.6 Å². The number of rotatable bonds is 7. The number of nitrogens with one attached hydrogen (secondary N) is 1. The molecule has 2 atom stereocenters. The normalized spacial score (nSPS) is 20.6. The fourth-order valence-corrected chi connectivity index (χ4v) is 5.39. The summed E-state index contributed by atoms with van der Waals surface area (Å²) in [5.41, 5.74) is 1.90. The summed E-state index contributed by atoms with van der Waals surface area (Å²) in [6, 6.07) is 21.6. The number of amidine groups is 1. The molecule has 4 rings (SSSR count). The maximum atomic E-state index is 12.9. The third-order valence-electron chi connectivity index (χ3n) is 4.75. The molecule has 164 valence electrons. The number of aliphatic hydroxyl groups excluding tert-OH is 1. The van der Waals surface area contributed by atoms with E-state index in [2.05, 4.69) is 20.5 Å². The number of hydrogen-bond acceptors (Lipinski definition) is 7. The van der Waals surface area contributed by atoms with Gasteiger partial charge in [0.15, 0.2) is 5.04 Å². The first-order valence-corrected chi connectivity index (χ1v) is 11.3. The lowest BCUT2D eigenvalue weighted by Crippen LogP contribution is -2.37. The van der Waals surface area contributed by atoms with Crippen molar-refractivity contribution in [2.24, 2.45) is 10.2 Å². The molecular weight excluding hydrogens is 428 g/mol. The highest BCUT2D eigenvalue weighted by atomic mass is 32.3. The Bertz CT molecular complexity index is 1130. The number of pyridine rings is 1. The molecule has 0 radical (unpaired) electrons. The Morgan fingerprint density at radius 2 is 1.66 bits per heavy atom. The molecule has 0 spiro atoms. The van der Waals surface area contributed by atoms with Crippen molar-refractivity contribution in [1.82, 2.24) is 10.3 Å². The molecule has 0 saturated carbocycles. The third-order valence-corrected chi connectivity index (χ3v) is 7.24. The number of nitrogens with zero attached hydrogens (tertiary/aromatic N) is 3. The van der Waals surface area contributed by atoms with Crippen LogP contribution in [0.4, 0.5) is 0 Å². The molecule has 2 unspecified atom stereocenters. The van der Waals surface area contributed by atoms with Crippen LogP contribution in [0.15, 0.2) is 95.4 Å². The third kappa shape index (κ3) is 4.32. The van der Waals surface area contributed by atoms with Gasteiger partial charge in [0, 0.05) is 23.5 Å². The summed E-state index contributed by atoms with van der Waals surface area (Å²) in [5, 5.41) is 22.0. The fraction of sp³-hybridized carbons (Fsp3) is 0.130. The van der Waals surface area contributed by atoms with Crippen molar-refractivity contribution in [1.29, 1.82) is 0 Å². The summed E-state index contributed by atoms with van der Waals surface area (Å²) < 4.78 is 12.3. The van der Waals surface area contributed by atoms with Gasteiger partial charge >= 0.3 is 0 Å². The van der Waals surface area contributed by atoms with Crippen LogP contribution in [0.2, 0.25) is 0 Å². The second kappa shape index (κ2) is 9.84. The first-order chi connectivity index (χ1) is 15.7. The van der Waals surface area contributed by atoms with Gasteiger partial charge in [-0.25, -0.2) is 0 Å². The van der Waals surface area contributed by atoms with Crippen LogP contribution in [-0.4, -0.2) is 39.9 Å². The first-order valence-electron chi connectivity index (χ1n) is 9.83. The van der Waals surface area contributed by atoms with Gasteiger partial charge in [0.1, 0.15) is 6.10 Å². The molecule has 2 aromatic carbocycles. The van der Waals surface area contributed by atoms with Crippen molar-refractivity contribution in [2.45, 2.75) is 6.10 Å². The van der Waals surface area contributed by atoms with Crippen molar-refractivity contribution in [3.63, 3.8) is 0 Å². The average Bonchev–Trinajstić information content (AvgIpc) is 3.21. The van der Waals surface area contributed by atoms with Gasteiger partial charge in [-0.3, -0.25) is 23.5 Å². The van der Waals surface area contributed by atoms with Crippen molar-refractivity contribution in [3.05, 3.63) is 102 Å². The fourth-order valence-electron chi connectivity index (χ4n) is 3.16. The van der Waals surface area contributed by atoms with Crippen molar-refractivity contribution in [3.8, 4) is 0 Å². The van der Waals surface area contributed by atoms with E-state index < -0.39 is 16.7 Å². The monoisotopic (exact) mass is 450 g/mol. The molecule has 1 amide bonds. The van der Waals surface area contributed by atoms with E-state index in [-0.39, 0.29) is 17.7 Å². The number of aliphatic hydroxyl groups is 1. The maximum Gasteiger partial charge on any atom is 0.257 e. The second-order valence-corrected chi connectivity index (χ2v) is 9.02. The van der Waals surface area contributed by atoms with Crippen LogP contribution >= 0.6 is 10.6 Å². The summed E-state index contributed by atoms with van der Waals surface area (Å²) >= 11 is 0. The van der Waals surface area contributed by atoms with Crippen LogP contribution in [0.5, 0.6) is 0 Å². The molecule has 1 aliphatic heterocycles. The summed E-state index contributed by atoms with van der Waals surface area (Å²) in [6.45, 7) is -0.300. The first kappa shape index (κ1) is 21.8. The summed E-state index contributed by atoms with van der Waals surface area (Å²) in [4.78, 5) is 16.9. The minimum atomic E-state index is -2.82. The van der Waals surface area contributed by atoms with Gasteiger partial charge in [0.2, 0.25) is 5.17 Å². The number of carbonyl (C=O) groups is 1. The number of carbonyl (C=O) groups excluding carboxylic acids is 1. The molecule has 3 aromatic rings. The standard InChI is InChI=1S/C23H22N4O4S/c1-30-32(31-20(16-28)17-8-4-2-5-9-17)22(19-12-14-24-15-13-19)26-27-23(32)25-21(29)18-10-6-3-7-11-18/h2-15,20,28H,16H2,1H3,(H,25,27,29). The quantitative estimate of drug-likeness (QED) is 0.572. The van der Waals surface area contributed by atoms with E-state index in [1.54, 1.807) is 48.8 Å². The second-order valence-electron chi connectivity index (χ2n) is 6.71. The Morgan fingerprint density at radius 1 is 1.00 bits per heavy atom. The number of amides is 1. The van der Waals surface area contributed by atoms with Gasteiger partial charge in [-0.2, -0.15) is 0 Å². The van der Waals surface area contributed by atoms with E-state index in [9.17, 15) is 9.90 Å². The molecule has 1 aromatic heterocycles. The number of benzene rings is 2. The molecular formula is C23H22N4O4S. The minimum Gasteiger partial charge on any atom is -0.393 e. The van der Waals surface area contributed by atoms with Crippen LogP contribution < -0.4 is 5.32 Å². The maximum absolute atomic E-state index is 12.9. The summed E-state index contributed by atoms with van der Waals surface area (Å²) in [6.07, 6.45) is 2.52. The van der Waals surface area contributed by atoms with Crippen molar-refractivity contribution >= 4 is 26.7 Å². The highest BCUT2D eigenvalue weighted by Gasteiger charge is 2.42.